The van der Waals surface area contributed by atoms with Crippen molar-refractivity contribution < 1.29 is 9.90 Å². The largest absolute Gasteiger partial charge is 0.476 e. The molecule has 0 aliphatic rings. The van der Waals surface area contributed by atoms with Crippen LogP contribution in [0.25, 0.3) is 11.3 Å². The topological polar surface area (TPSA) is 80.9 Å². The summed E-state index contributed by atoms with van der Waals surface area (Å²) in [7, 11) is 0. The maximum absolute atomic E-state index is 11.4. The summed E-state index contributed by atoms with van der Waals surface area (Å²) in [6, 6.07) is 9.66. The fourth-order valence-electron chi connectivity index (χ4n) is 2.55. The molecule has 0 aliphatic carbocycles. The standard InChI is InChI=1S/C17H16N4O2/c1-11-3-4-14(12(2)9-11)10-21-16(13-5-7-18-8-6-13)15(17(22)23)19-20-21/h3-9H,10H2,1-2H3,(H,22,23). The molecule has 1 N–H and O–H groups in total. The highest BCUT2D eigenvalue weighted by molar-refractivity contribution is 5.92. The van der Waals surface area contributed by atoms with Gasteiger partial charge in [-0.25, -0.2) is 9.48 Å². The van der Waals surface area contributed by atoms with Crippen LogP contribution in [-0.2, 0) is 6.54 Å². The van der Waals surface area contributed by atoms with Gasteiger partial charge in [-0.2, -0.15) is 0 Å². The molecule has 0 saturated heterocycles. The minimum atomic E-state index is -1.09. The maximum atomic E-state index is 11.4. The minimum Gasteiger partial charge on any atom is -0.476 e. The van der Waals surface area contributed by atoms with Gasteiger partial charge in [-0.15, -0.1) is 5.10 Å². The fourth-order valence-corrected chi connectivity index (χ4v) is 2.55. The Morgan fingerprint density at radius 2 is 1.91 bits per heavy atom. The van der Waals surface area contributed by atoms with Gasteiger partial charge in [-0.05, 0) is 37.1 Å². The summed E-state index contributed by atoms with van der Waals surface area (Å²) >= 11 is 0. The highest BCUT2D eigenvalue weighted by Crippen LogP contribution is 2.23. The lowest BCUT2D eigenvalue weighted by molar-refractivity contribution is 0.0691. The van der Waals surface area contributed by atoms with E-state index in [1.54, 1.807) is 29.2 Å². The minimum absolute atomic E-state index is 0.0547. The van der Waals surface area contributed by atoms with Gasteiger partial charge in [-0.1, -0.05) is 29.0 Å². The van der Waals surface area contributed by atoms with Gasteiger partial charge < -0.3 is 5.11 Å². The molecule has 0 spiro atoms. The lowest BCUT2D eigenvalue weighted by Crippen LogP contribution is -2.07. The molecule has 6 nitrogen and oxygen atoms in total. The zero-order chi connectivity index (χ0) is 16.4. The molecule has 23 heavy (non-hydrogen) atoms. The molecule has 3 rings (SSSR count). The first-order valence-corrected chi connectivity index (χ1v) is 7.19. The Balaban J connectivity index is 2.08. The van der Waals surface area contributed by atoms with E-state index in [2.05, 4.69) is 21.4 Å². The highest BCUT2D eigenvalue weighted by atomic mass is 16.4. The van der Waals surface area contributed by atoms with Crippen molar-refractivity contribution in [3.05, 3.63) is 65.1 Å². The number of hydrogen-bond donors (Lipinski definition) is 1. The molecule has 3 aromatic rings. The van der Waals surface area contributed by atoms with Crippen molar-refractivity contribution in [3.8, 4) is 11.3 Å². The number of hydrogen-bond acceptors (Lipinski definition) is 4. The predicted molar refractivity (Wildman–Crippen MR) is 85.2 cm³/mol. The van der Waals surface area contributed by atoms with Crippen molar-refractivity contribution in [2.24, 2.45) is 0 Å². The molecular weight excluding hydrogens is 292 g/mol. The van der Waals surface area contributed by atoms with Crippen molar-refractivity contribution in [2.75, 3.05) is 0 Å². The van der Waals surface area contributed by atoms with Gasteiger partial charge in [0.2, 0.25) is 0 Å². The number of carboxylic acid groups (broad SMARTS) is 1. The second kappa shape index (κ2) is 6.00. The monoisotopic (exact) mass is 308 g/mol. The normalized spacial score (nSPS) is 10.7. The van der Waals surface area contributed by atoms with E-state index in [4.69, 9.17) is 0 Å². The molecule has 0 radical (unpaired) electrons. The maximum Gasteiger partial charge on any atom is 0.358 e. The Morgan fingerprint density at radius 3 is 2.57 bits per heavy atom. The van der Waals surface area contributed by atoms with Crippen molar-refractivity contribution in [1.82, 2.24) is 20.0 Å². The molecule has 0 aliphatic heterocycles. The van der Waals surface area contributed by atoms with Crippen molar-refractivity contribution in [2.45, 2.75) is 20.4 Å². The molecule has 1 aromatic carbocycles. The second-order valence-corrected chi connectivity index (χ2v) is 5.42. The number of nitrogens with zero attached hydrogens (tertiary/aromatic N) is 4. The molecule has 0 bridgehead atoms. The Hall–Kier alpha value is -3.02. The Labute approximate surface area is 133 Å². The van der Waals surface area contributed by atoms with E-state index in [0.29, 0.717) is 12.2 Å². The summed E-state index contributed by atoms with van der Waals surface area (Å²) in [5.74, 6) is -1.09. The zero-order valence-corrected chi connectivity index (χ0v) is 12.9. The number of pyridine rings is 1. The van der Waals surface area contributed by atoms with Crippen LogP contribution in [-0.4, -0.2) is 31.1 Å². The lowest BCUT2D eigenvalue weighted by Gasteiger charge is -2.10. The van der Waals surface area contributed by atoms with E-state index < -0.39 is 5.97 Å². The lowest BCUT2D eigenvalue weighted by atomic mass is 10.1. The van der Waals surface area contributed by atoms with Crippen LogP contribution in [0.3, 0.4) is 0 Å². The van der Waals surface area contributed by atoms with E-state index in [-0.39, 0.29) is 5.69 Å². The van der Waals surface area contributed by atoms with Gasteiger partial charge in [0.15, 0.2) is 5.69 Å². The van der Waals surface area contributed by atoms with E-state index >= 15 is 0 Å². The van der Waals surface area contributed by atoms with Crippen LogP contribution in [0.4, 0.5) is 0 Å². The molecule has 2 aromatic heterocycles. The number of aromatic carboxylic acids is 1. The molecule has 0 amide bonds. The first-order valence-electron chi connectivity index (χ1n) is 7.19. The van der Waals surface area contributed by atoms with E-state index in [0.717, 1.165) is 16.7 Å². The smallest absolute Gasteiger partial charge is 0.358 e. The Morgan fingerprint density at radius 1 is 1.17 bits per heavy atom. The summed E-state index contributed by atoms with van der Waals surface area (Å²) < 4.78 is 1.62. The van der Waals surface area contributed by atoms with E-state index in [1.165, 1.54) is 5.56 Å². The second-order valence-electron chi connectivity index (χ2n) is 5.42. The number of benzene rings is 1. The number of aromatic nitrogens is 4. The molecular formula is C17H16N4O2. The van der Waals surface area contributed by atoms with Crippen molar-refractivity contribution >= 4 is 5.97 Å². The van der Waals surface area contributed by atoms with Gasteiger partial charge >= 0.3 is 5.97 Å². The molecule has 0 atom stereocenters. The fraction of sp³-hybridized carbons (Fsp3) is 0.176. The van der Waals surface area contributed by atoms with Gasteiger partial charge in [0.1, 0.15) is 5.69 Å². The number of rotatable bonds is 4. The first kappa shape index (κ1) is 14.9. The van der Waals surface area contributed by atoms with Crippen LogP contribution in [0.5, 0.6) is 0 Å². The molecule has 116 valence electrons. The summed E-state index contributed by atoms with van der Waals surface area (Å²) in [4.78, 5) is 15.4. The predicted octanol–water partition coefficient (Wildman–Crippen LogP) is 2.70. The van der Waals surface area contributed by atoms with Gasteiger partial charge in [-0.3, -0.25) is 4.98 Å². The van der Waals surface area contributed by atoms with Gasteiger partial charge in [0.25, 0.3) is 0 Å². The number of carbonyl (C=O) groups is 1. The third-order valence-corrected chi connectivity index (χ3v) is 3.71. The van der Waals surface area contributed by atoms with E-state index in [9.17, 15) is 9.90 Å². The zero-order valence-electron chi connectivity index (χ0n) is 12.9. The Kier molecular flexibility index (Phi) is 3.89. The molecule has 0 saturated carbocycles. The average Bonchev–Trinajstić information content (AvgIpc) is 2.95. The Bertz CT molecular complexity index is 856. The molecule has 0 fully saturated rings. The first-order chi connectivity index (χ1) is 11.1. The third kappa shape index (κ3) is 2.96. The third-order valence-electron chi connectivity index (χ3n) is 3.71. The average molecular weight is 308 g/mol. The van der Waals surface area contributed by atoms with Crippen LogP contribution >= 0.6 is 0 Å². The van der Waals surface area contributed by atoms with Crippen LogP contribution in [0, 0.1) is 13.8 Å². The quantitative estimate of drug-likeness (QED) is 0.801. The highest BCUT2D eigenvalue weighted by Gasteiger charge is 2.20. The van der Waals surface area contributed by atoms with Crippen molar-refractivity contribution in [1.29, 1.82) is 0 Å². The van der Waals surface area contributed by atoms with Crippen LogP contribution < -0.4 is 0 Å². The van der Waals surface area contributed by atoms with Crippen LogP contribution in [0.1, 0.15) is 27.2 Å². The summed E-state index contributed by atoms with van der Waals surface area (Å²) in [5.41, 5.74) is 4.56. The van der Waals surface area contributed by atoms with Gasteiger partial charge in [0.05, 0.1) is 6.54 Å². The summed E-state index contributed by atoms with van der Waals surface area (Å²) in [6.07, 6.45) is 3.24. The van der Waals surface area contributed by atoms with Crippen LogP contribution in [0.15, 0.2) is 42.7 Å². The van der Waals surface area contributed by atoms with Crippen molar-refractivity contribution in [3.63, 3.8) is 0 Å². The SMILES string of the molecule is Cc1ccc(Cn2nnc(C(=O)O)c2-c2ccncc2)c(C)c1. The molecule has 6 heteroatoms. The van der Waals surface area contributed by atoms with Gasteiger partial charge in [0, 0.05) is 18.0 Å². The van der Waals surface area contributed by atoms with E-state index in [1.807, 2.05) is 26.0 Å². The van der Waals surface area contributed by atoms with Crippen LogP contribution in [0.2, 0.25) is 0 Å². The summed E-state index contributed by atoms with van der Waals surface area (Å²) in [6.45, 7) is 4.53. The molecule has 2 heterocycles. The number of aryl methyl sites for hydroxylation is 2. The molecule has 0 unspecified atom stereocenters. The summed E-state index contributed by atoms with van der Waals surface area (Å²) in [5, 5.41) is 17.2. The number of carboxylic acids is 1.